The number of hydrazine groups is 1. The molecule has 3 rings (SSSR count). The molecule has 0 aromatic heterocycles. The van der Waals surface area contributed by atoms with E-state index in [1.54, 1.807) is 6.92 Å². The zero-order chi connectivity index (χ0) is 18.9. The first kappa shape index (κ1) is 18.4. The van der Waals surface area contributed by atoms with Gasteiger partial charge in [-0.2, -0.15) is 5.01 Å². The predicted octanol–water partition coefficient (Wildman–Crippen LogP) is 1.71. The van der Waals surface area contributed by atoms with Gasteiger partial charge in [0, 0.05) is 12.6 Å². The van der Waals surface area contributed by atoms with Crippen molar-refractivity contribution in [1.29, 1.82) is 0 Å². The van der Waals surface area contributed by atoms with Crippen molar-refractivity contribution in [1.82, 2.24) is 20.7 Å². The lowest BCUT2D eigenvalue weighted by Crippen LogP contribution is -2.51. The number of imide groups is 1. The molecule has 2 N–H and O–H groups in total. The summed E-state index contributed by atoms with van der Waals surface area (Å²) in [5.74, 6) is -0.775. The monoisotopic (exact) mass is 358 g/mol. The van der Waals surface area contributed by atoms with Gasteiger partial charge in [-0.05, 0) is 38.7 Å². The Morgan fingerprint density at radius 2 is 1.96 bits per heavy atom. The average Bonchev–Trinajstić information content (AvgIpc) is 3.42. The number of amides is 4. The van der Waals surface area contributed by atoms with Gasteiger partial charge in [0.25, 0.3) is 11.8 Å². The van der Waals surface area contributed by atoms with Crippen LogP contribution in [0.25, 0.3) is 0 Å². The molecule has 2 fully saturated rings. The Labute approximate surface area is 153 Å². The van der Waals surface area contributed by atoms with Crippen LogP contribution >= 0.6 is 0 Å². The molecule has 1 atom stereocenters. The predicted molar refractivity (Wildman–Crippen MR) is 96.8 cm³/mol. The first-order chi connectivity index (χ1) is 12.3. The standard InChI is InChI=1S/C19H26N4O3/c1-4-19(3)17(25)23(18(26)20-19)21-16(24)12-22(15-9-10-15)11-14-7-5-13(2)6-8-14/h5-8,15H,4,9-12H2,1-3H3,(H,20,26)(H,21,24). The lowest BCUT2D eigenvalue weighted by molar-refractivity contribution is -0.139. The van der Waals surface area contributed by atoms with Gasteiger partial charge in [0.15, 0.2) is 0 Å². The zero-order valence-corrected chi connectivity index (χ0v) is 15.5. The molecule has 2 aliphatic rings. The first-order valence-corrected chi connectivity index (χ1v) is 9.08. The Kier molecular flexibility index (Phi) is 5.00. The molecule has 1 aromatic carbocycles. The minimum atomic E-state index is -0.956. The molecular formula is C19H26N4O3. The number of hydrogen-bond acceptors (Lipinski definition) is 4. The van der Waals surface area contributed by atoms with Crippen molar-refractivity contribution in [3.8, 4) is 0 Å². The molecule has 7 heteroatoms. The molecule has 1 unspecified atom stereocenters. The minimum absolute atomic E-state index is 0.151. The Bertz CT molecular complexity index is 714. The summed E-state index contributed by atoms with van der Waals surface area (Å²) in [6.07, 6.45) is 2.60. The van der Waals surface area contributed by atoms with Crippen molar-refractivity contribution < 1.29 is 14.4 Å². The molecule has 1 heterocycles. The summed E-state index contributed by atoms with van der Waals surface area (Å²) in [6.45, 7) is 6.34. The van der Waals surface area contributed by atoms with Crippen LogP contribution in [0.3, 0.4) is 0 Å². The fourth-order valence-corrected chi connectivity index (χ4v) is 3.05. The molecule has 1 aliphatic carbocycles. The van der Waals surface area contributed by atoms with Gasteiger partial charge >= 0.3 is 6.03 Å². The van der Waals surface area contributed by atoms with E-state index in [1.165, 1.54) is 5.56 Å². The molecule has 4 amide bonds. The molecule has 0 spiro atoms. The van der Waals surface area contributed by atoms with Crippen LogP contribution in [0.15, 0.2) is 24.3 Å². The number of nitrogens with one attached hydrogen (secondary N) is 2. The van der Waals surface area contributed by atoms with Gasteiger partial charge in [0.2, 0.25) is 0 Å². The van der Waals surface area contributed by atoms with Gasteiger partial charge in [0.05, 0.1) is 6.54 Å². The Hall–Kier alpha value is -2.41. The van der Waals surface area contributed by atoms with Crippen molar-refractivity contribution in [2.24, 2.45) is 0 Å². The van der Waals surface area contributed by atoms with Crippen LogP contribution in [-0.2, 0) is 16.1 Å². The molecule has 1 saturated carbocycles. The molecule has 1 aliphatic heterocycles. The molecule has 0 bridgehead atoms. The molecular weight excluding hydrogens is 332 g/mol. The van der Waals surface area contributed by atoms with Crippen molar-refractivity contribution >= 4 is 17.8 Å². The quantitative estimate of drug-likeness (QED) is 0.727. The van der Waals surface area contributed by atoms with Gasteiger partial charge < -0.3 is 5.32 Å². The fourth-order valence-electron chi connectivity index (χ4n) is 3.05. The van der Waals surface area contributed by atoms with Crippen LogP contribution in [0.5, 0.6) is 0 Å². The highest BCUT2D eigenvalue weighted by molar-refractivity contribution is 6.07. The summed E-state index contributed by atoms with van der Waals surface area (Å²) in [5.41, 5.74) is 3.85. The van der Waals surface area contributed by atoms with Crippen LogP contribution in [0.4, 0.5) is 4.79 Å². The number of rotatable bonds is 7. The van der Waals surface area contributed by atoms with E-state index in [1.807, 2.05) is 13.8 Å². The Balaban J connectivity index is 1.61. The van der Waals surface area contributed by atoms with E-state index >= 15 is 0 Å². The normalized spacial score (nSPS) is 22.7. The third-order valence-electron chi connectivity index (χ3n) is 5.12. The molecule has 1 saturated heterocycles. The maximum absolute atomic E-state index is 12.4. The lowest BCUT2D eigenvalue weighted by atomic mass is 10.00. The summed E-state index contributed by atoms with van der Waals surface area (Å²) in [5, 5.41) is 3.44. The van der Waals surface area contributed by atoms with E-state index in [2.05, 4.69) is 39.9 Å². The summed E-state index contributed by atoms with van der Waals surface area (Å²) in [4.78, 5) is 38.9. The lowest BCUT2D eigenvalue weighted by Gasteiger charge is -2.23. The van der Waals surface area contributed by atoms with E-state index in [9.17, 15) is 14.4 Å². The van der Waals surface area contributed by atoms with Crippen LogP contribution in [-0.4, -0.2) is 45.9 Å². The second-order valence-electron chi connectivity index (χ2n) is 7.41. The second kappa shape index (κ2) is 7.07. The third-order valence-corrected chi connectivity index (χ3v) is 5.12. The van der Waals surface area contributed by atoms with Crippen molar-refractivity contribution in [3.05, 3.63) is 35.4 Å². The number of hydrogen-bond donors (Lipinski definition) is 2. The number of nitrogens with zero attached hydrogens (tertiary/aromatic N) is 2. The number of carbonyl (C=O) groups is 3. The number of benzene rings is 1. The van der Waals surface area contributed by atoms with E-state index in [-0.39, 0.29) is 12.5 Å². The van der Waals surface area contributed by atoms with Crippen LogP contribution in [0, 0.1) is 6.92 Å². The number of urea groups is 1. The van der Waals surface area contributed by atoms with Crippen molar-refractivity contribution in [2.75, 3.05) is 6.54 Å². The zero-order valence-electron chi connectivity index (χ0n) is 15.5. The maximum atomic E-state index is 12.4. The van der Waals surface area contributed by atoms with Crippen LogP contribution in [0.2, 0.25) is 0 Å². The highest BCUT2D eigenvalue weighted by atomic mass is 16.2. The molecule has 1 aromatic rings. The smallest absolute Gasteiger partial charge is 0.322 e. The first-order valence-electron chi connectivity index (χ1n) is 9.08. The number of carbonyl (C=O) groups excluding carboxylic acids is 3. The highest BCUT2D eigenvalue weighted by Crippen LogP contribution is 2.28. The van der Waals surface area contributed by atoms with Gasteiger partial charge in [0.1, 0.15) is 5.54 Å². The van der Waals surface area contributed by atoms with Gasteiger partial charge in [-0.1, -0.05) is 36.8 Å². The van der Waals surface area contributed by atoms with Crippen LogP contribution in [0.1, 0.15) is 44.2 Å². The summed E-state index contributed by atoms with van der Waals surface area (Å²) in [6, 6.07) is 8.04. The molecule has 26 heavy (non-hydrogen) atoms. The van der Waals surface area contributed by atoms with Crippen molar-refractivity contribution in [2.45, 2.75) is 58.2 Å². The summed E-state index contributed by atoms with van der Waals surface area (Å²) >= 11 is 0. The highest BCUT2D eigenvalue weighted by Gasteiger charge is 2.47. The number of aryl methyl sites for hydroxylation is 1. The van der Waals surface area contributed by atoms with E-state index < -0.39 is 17.5 Å². The Morgan fingerprint density at radius 1 is 1.31 bits per heavy atom. The van der Waals surface area contributed by atoms with Gasteiger partial charge in [-0.25, -0.2) is 4.79 Å². The van der Waals surface area contributed by atoms with Crippen LogP contribution < -0.4 is 10.7 Å². The Morgan fingerprint density at radius 3 is 2.50 bits per heavy atom. The maximum Gasteiger partial charge on any atom is 0.344 e. The van der Waals surface area contributed by atoms with Gasteiger partial charge in [-0.3, -0.25) is 19.9 Å². The third kappa shape index (κ3) is 3.88. The van der Waals surface area contributed by atoms with Crippen molar-refractivity contribution in [3.63, 3.8) is 0 Å². The molecule has 0 radical (unpaired) electrons. The fraction of sp³-hybridized carbons (Fsp3) is 0.526. The average molecular weight is 358 g/mol. The van der Waals surface area contributed by atoms with E-state index in [0.29, 0.717) is 19.0 Å². The summed E-state index contributed by atoms with van der Waals surface area (Å²) in [7, 11) is 0. The topological polar surface area (TPSA) is 81.8 Å². The second-order valence-corrected chi connectivity index (χ2v) is 7.41. The summed E-state index contributed by atoms with van der Waals surface area (Å²) < 4.78 is 0. The molecule has 140 valence electrons. The van der Waals surface area contributed by atoms with Gasteiger partial charge in [-0.15, -0.1) is 0 Å². The SMILES string of the molecule is CCC1(C)NC(=O)N(NC(=O)CN(Cc2ccc(C)cc2)C2CC2)C1=O. The van der Waals surface area contributed by atoms with E-state index in [0.717, 1.165) is 23.4 Å². The minimum Gasteiger partial charge on any atom is -0.322 e. The molecule has 7 nitrogen and oxygen atoms in total. The van der Waals surface area contributed by atoms with E-state index in [4.69, 9.17) is 0 Å². The largest absolute Gasteiger partial charge is 0.344 e.